The van der Waals surface area contributed by atoms with Gasteiger partial charge in [0.2, 0.25) is 0 Å². The molecule has 0 fully saturated rings. The minimum absolute atomic E-state index is 0.650. The summed E-state index contributed by atoms with van der Waals surface area (Å²) in [4.78, 5) is 0. The lowest BCUT2D eigenvalue weighted by atomic mass is 10.4. The third kappa shape index (κ3) is 2.38. The molecule has 5 heteroatoms. The van der Waals surface area contributed by atoms with Crippen LogP contribution in [0.3, 0.4) is 0 Å². The van der Waals surface area contributed by atoms with Crippen molar-refractivity contribution in [2.45, 2.75) is 13.3 Å². The van der Waals surface area contributed by atoms with Gasteiger partial charge in [-0.1, -0.05) is 5.16 Å². The van der Waals surface area contributed by atoms with Crippen LogP contribution in [0.5, 0.6) is 0 Å². The second kappa shape index (κ2) is 4.18. The van der Waals surface area contributed by atoms with E-state index in [0.717, 1.165) is 18.7 Å². The van der Waals surface area contributed by atoms with E-state index in [2.05, 4.69) is 20.3 Å². The molecule has 1 rings (SSSR count). The number of nitrogens with one attached hydrogen (secondary N) is 1. The summed E-state index contributed by atoms with van der Waals surface area (Å²) in [5.41, 5.74) is 0.777. The predicted octanol–water partition coefficient (Wildman–Crippen LogP) is 1.42. The largest absolute Gasteiger partial charge is 0.366 e. The van der Waals surface area contributed by atoms with Gasteiger partial charge in [-0.2, -0.15) is 0 Å². The monoisotopic (exact) mass is 175 g/mol. The van der Waals surface area contributed by atoms with E-state index in [4.69, 9.17) is 11.6 Å². The highest BCUT2D eigenvalue weighted by Gasteiger charge is 2.01. The van der Waals surface area contributed by atoms with Crippen LogP contribution < -0.4 is 5.32 Å². The molecule has 0 saturated heterocycles. The summed E-state index contributed by atoms with van der Waals surface area (Å²) < 4.78 is 4.48. The van der Waals surface area contributed by atoms with Gasteiger partial charge >= 0.3 is 0 Å². The maximum Gasteiger partial charge on any atom is 0.193 e. The van der Waals surface area contributed by atoms with Gasteiger partial charge in [0.1, 0.15) is 5.69 Å². The van der Waals surface area contributed by atoms with Gasteiger partial charge < -0.3 is 5.32 Å². The van der Waals surface area contributed by atoms with Crippen LogP contribution in [0.25, 0.3) is 0 Å². The third-order valence-electron chi connectivity index (χ3n) is 1.26. The first kappa shape index (κ1) is 8.33. The SMILES string of the molecule is Cc1nonc1NCCCCl. The summed E-state index contributed by atoms with van der Waals surface area (Å²) >= 11 is 5.48. The van der Waals surface area contributed by atoms with E-state index in [1.165, 1.54) is 0 Å². The molecule has 0 unspecified atom stereocenters. The van der Waals surface area contributed by atoms with Gasteiger partial charge in [-0.15, -0.1) is 11.6 Å². The number of anilines is 1. The van der Waals surface area contributed by atoms with E-state index in [1.54, 1.807) is 0 Å². The second-order valence-electron chi connectivity index (χ2n) is 2.17. The van der Waals surface area contributed by atoms with E-state index in [0.29, 0.717) is 11.7 Å². The fourth-order valence-electron chi connectivity index (χ4n) is 0.666. The van der Waals surface area contributed by atoms with Crippen molar-refractivity contribution in [2.75, 3.05) is 17.7 Å². The number of nitrogens with zero attached hydrogens (tertiary/aromatic N) is 2. The highest BCUT2D eigenvalue weighted by molar-refractivity contribution is 6.17. The van der Waals surface area contributed by atoms with Crippen molar-refractivity contribution in [3.63, 3.8) is 0 Å². The van der Waals surface area contributed by atoms with E-state index in [-0.39, 0.29) is 0 Å². The fourth-order valence-corrected chi connectivity index (χ4v) is 0.799. The fraction of sp³-hybridized carbons (Fsp3) is 0.667. The number of aryl methyl sites for hydroxylation is 1. The van der Waals surface area contributed by atoms with E-state index >= 15 is 0 Å². The van der Waals surface area contributed by atoms with Crippen LogP contribution in [0.1, 0.15) is 12.1 Å². The summed E-state index contributed by atoms with van der Waals surface area (Å²) in [6.45, 7) is 2.64. The predicted molar refractivity (Wildman–Crippen MR) is 42.9 cm³/mol. The minimum atomic E-state index is 0.650. The summed E-state index contributed by atoms with van der Waals surface area (Å²) in [7, 11) is 0. The Bertz CT molecular complexity index is 213. The van der Waals surface area contributed by atoms with Crippen molar-refractivity contribution in [2.24, 2.45) is 0 Å². The van der Waals surface area contributed by atoms with Gasteiger partial charge in [-0.05, 0) is 18.5 Å². The molecule has 0 radical (unpaired) electrons. The summed E-state index contributed by atoms with van der Waals surface area (Å²) in [6, 6.07) is 0. The molecule has 0 bridgehead atoms. The number of aromatic nitrogens is 2. The molecule has 0 aliphatic carbocycles. The highest BCUT2D eigenvalue weighted by Crippen LogP contribution is 2.06. The molecule has 11 heavy (non-hydrogen) atoms. The van der Waals surface area contributed by atoms with Crippen molar-refractivity contribution >= 4 is 17.4 Å². The maximum absolute atomic E-state index is 5.48. The summed E-state index contributed by atoms with van der Waals surface area (Å²) in [5.74, 6) is 1.35. The number of hydrogen-bond donors (Lipinski definition) is 1. The molecule has 1 heterocycles. The zero-order valence-corrected chi connectivity index (χ0v) is 7.06. The highest BCUT2D eigenvalue weighted by atomic mass is 35.5. The van der Waals surface area contributed by atoms with Crippen LogP contribution in [0.15, 0.2) is 4.63 Å². The Kier molecular flexibility index (Phi) is 3.16. The number of alkyl halides is 1. The molecule has 62 valence electrons. The average molecular weight is 176 g/mol. The quantitative estimate of drug-likeness (QED) is 0.556. The Morgan fingerprint density at radius 1 is 1.55 bits per heavy atom. The first-order chi connectivity index (χ1) is 5.34. The van der Waals surface area contributed by atoms with Gasteiger partial charge in [0, 0.05) is 12.4 Å². The van der Waals surface area contributed by atoms with Crippen molar-refractivity contribution in [1.82, 2.24) is 10.3 Å². The van der Waals surface area contributed by atoms with Crippen LogP contribution in [0.2, 0.25) is 0 Å². The molecule has 1 aromatic heterocycles. The molecular formula is C6H10ClN3O. The number of hydrogen-bond acceptors (Lipinski definition) is 4. The molecule has 4 nitrogen and oxygen atoms in total. The second-order valence-corrected chi connectivity index (χ2v) is 2.55. The van der Waals surface area contributed by atoms with Crippen molar-refractivity contribution in [3.05, 3.63) is 5.69 Å². The van der Waals surface area contributed by atoms with Crippen LogP contribution in [0.4, 0.5) is 5.82 Å². The van der Waals surface area contributed by atoms with E-state index in [1.807, 2.05) is 6.92 Å². The van der Waals surface area contributed by atoms with Gasteiger partial charge in [0.05, 0.1) is 0 Å². The lowest BCUT2D eigenvalue weighted by molar-refractivity contribution is 0.306. The molecule has 0 aliphatic rings. The van der Waals surface area contributed by atoms with E-state index < -0.39 is 0 Å². The van der Waals surface area contributed by atoms with Gasteiger partial charge in [-0.25, -0.2) is 4.63 Å². The van der Waals surface area contributed by atoms with Gasteiger partial charge in [-0.3, -0.25) is 0 Å². The van der Waals surface area contributed by atoms with Crippen molar-refractivity contribution in [3.8, 4) is 0 Å². The van der Waals surface area contributed by atoms with Gasteiger partial charge in [0.25, 0.3) is 0 Å². The molecule has 1 aromatic rings. The Balaban J connectivity index is 2.32. The summed E-state index contributed by atoms with van der Waals surface area (Å²) in [5, 5.41) is 10.3. The lowest BCUT2D eigenvalue weighted by Gasteiger charge is -1.98. The zero-order valence-electron chi connectivity index (χ0n) is 6.30. The van der Waals surface area contributed by atoms with Crippen LogP contribution >= 0.6 is 11.6 Å². The Morgan fingerprint density at radius 3 is 2.91 bits per heavy atom. The number of halogens is 1. The Labute approximate surface area is 69.9 Å². The Hall–Kier alpha value is -0.770. The minimum Gasteiger partial charge on any atom is -0.366 e. The Morgan fingerprint density at radius 2 is 2.36 bits per heavy atom. The zero-order chi connectivity index (χ0) is 8.10. The first-order valence-electron chi connectivity index (χ1n) is 3.43. The molecule has 1 N–H and O–H groups in total. The molecule has 0 aromatic carbocycles. The smallest absolute Gasteiger partial charge is 0.193 e. The molecule has 0 amide bonds. The molecule has 0 saturated carbocycles. The van der Waals surface area contributed by atoms with Crippen molar-refractivity contribution < 1.29 is 4.63 Å². The van der Waals surface area contributed by atoms with Crippen molar-refractivity contribution in [1.29, 1.82) is 0 Å². The normalized spacial score (nSPS) is 10.0. The average Bonchev–Trinajstić information content (AvgIpc) is 2.37. The lowest BCUT2D eigenvalue weighted by Crippen LogP contribution is -2.03. The molecule has 0 aliphatic heterocycles. The molecule has 0 atom stereocenters. The number of rotatable bonds is 4. The van der Waals surface area contributed by atoms with Crippen LogP contribution in [-0.2, 0) is 0 Å². The standard InChI is InChI=1S/C6H10ClN3O/c1-5-6(10-11-9-5)8-4-2-3-7/h2-4H2,1H3,(H,8,10). The summed E-state index contributed by atoms with van der Waals surface area (Å²) in [6.07, 6.45) is 0.911. The third-order valence-corrected chi connectivity index (χ3v) is 1.52. The van der Waals surface area contributed by atoms with Crippen LogP contribution in [0, 0.1) is 6.92 Å². The maximum atomic E-state index is 5.48. The van der Waals surface area contributed by atoms with Gasteiger partial charge in [0.15, 0.2) is 5.82 Å². The van der Waals surface area contributed by atoms with Crippen LogP contribution in [-0.4, -0.2) is 22.7 Å². The molecular weight excluding hydrogens is 166 g/mol. The molecule has 0 spiro atoms. The first-order valence-corrected chi connectivity index (χ1v) is 3.97. The topological polar surface area (TPSA) is 51.0 Å². The van der Waals surface area contributed by atoms with E-state index in [9.17, 15) is 0 Å².